The van der Waals surface area contributed by atoms with E-state index in [0.29, 0.717) is 17.5 Å². The molecule has 1 unspecified atom stereocenters. The minimum Gasteiger partial charge on any atom is -0.394 e. The Balaban J connectivity index is 1.62. The number of halogens is 1. The molecule has 0 aliphatic carbocycles. The van der Waals surface area contributed by atoms with Crippen molar-refractivity contribution in [1.29, 1.82) is 0 Å². The molecule has 0 radical (unpaired) electrons. The van der Waals surface area contributed by atoms with E-state index in [9.17, 15) is 9.90 Å². The molecule has 30 heavy (non-hydrogen) atoms. The summed E-state index contributed by atoms with van der Waals surface area (Å²) in [5.74, 6) is 0.561. The van der Waals surface area contributed by atoms with E-state index in [1.807, 2.05) is 39.0 Å². The van der Waals surface area contributed by atoms with E-state index in [0.717, 1.165) is 28.1 Å². The molecule has 156 valence electrons. The van der Waals surface area contributed by atoms with E-state index in [2.05, 4.69) is 15.3 Å². The number of hydrogen-bond acceptors (Lipinski definition) is 5. The van der Waals surface area contributed by atoms with Gasteiger partial charge in [0.05, 0.1) is 24.9 Å². The van der Waals surface area contributed by atoms with Gasteiger partial charge < -0.3 is 15.3 Å². The zero-order valence-corrected chi connectivity index (χ0v) is 17.9. The van der Waals surface area contributed by atoms with E-state index in [4.69, 9.17) is 11.6 Å². The summed E-state index contributed by atoms with van der Waals surface area (Å²) in [6.07, 6.45) is 3.59. The van der Waals surface area contributed by atoms with Gasteiger partial charge in [0, 0.05) is 34.7 Å². The van der Waals surface area contributed by atoms with Gasteiger partial charge >= 0.3 is 6.03 Å². The van der Waals surface area contributed by atoms with E-state index < -0.39 is 6.04 Å². The van der Waals surface area contributed by atoms with Crippen LogP contribution in [0.1, 0.15) is 36.7 Å². The normalized spacial score (nSPS) is 14.3. The lowest BCUT2D eigenvalue weighted by Crippen LogP contribution is -2.32. The van der Waals surface area contributed by atoms with Crippen LogP contribution in [-0.2, 0) is 6.54 Å². The molecular weight excluding hydrogens is 402 g/mol. The molecule has 2 N–H and O–H groups in total. The zero-order chi connectivity index (χ0) is 21.4. The summed E-state index contributed by atoms with van der Waals surface area (Å²) in [5, 5.41) is 13.7. The van der Waals surface area contributed by atoms with E-state index in [1.165, 1.54) is 0 Å². The molecule has 0 saturated heterocycles. The van der Waals surface area contributed by atoms with Gasteiger partial charge in [0.2, 0.25) is 5.95 Å². The number of nitrogens with zero attached hydrogens (tertiary/aromatic N) is 4. The maximum atomic E-state index is 13.1. The lowest BCUT2D eigenvalue weighted by Gasteiger charge is -2.26. The highest BCUT2D eigenvalue weighted by Gasteiger charge is 2.34. The first-order valence-electron chi connectivity index (χ1n) is 9.86. The molecule has 4 rings (SSSR count). The van der Waals surface area contributed by atoms with Crippen molar-refractivity contribution in [3.05, 3.63) is 64.6 Å². The quantitative estimate of drug-likeness (QED) is 0.617. The van der Waals surface area contributed by atoms with Crippen LogP contribution < -0.4 is 5.32 Å². The second kappa shape index (κ2) is 8.08. The monoisotopic (exact) mass is 425 g/mol. The van der Waals surface area contributed by atoms with Gasteiger partial charge in [-0.15, -0.1) is 0 Å². The number of rotatable bonds is 6. The second-order valence-electron chi connectivity index (χ2n) is 7.78. The number of aliphatic hydroxyl groups excluding tert-OH is 1. The fourth-order valence-corrected chi connectivity index (χ4v) is 3.92. The third-order valence-electron chi connectivity index (χ3n) is 5.13. The maximum Gasteiger partial charge on any atom is 0.329 e. The summed E-state index contributed by atoms with van der Waals surface area (Å²) < 4.78 is 1.62. The minimum absolute atomic E-state index is 0.178. The van der Waals surface area contributed by atoms with Gasteiger partial charge in [0.15, 0.2) is 0 Å². The number of carbonyl (C=O) groups is 1. The summed E-state index contributed by atoms with van der Waals surface area (Å²) in [6.45, 7) is 6.23. The Morgan fingerprint density at radius 2 is 2.10 bits per heavy atom. The molecule has 7 nitrogen and oxygen atoms in total. The molecule has 1 aromatic carbocycles. The Kier molecular flexibility index (Phi) is 5.49. The smallest absolute Gasteiger partial charge is 0.329 e. The van der Waals surface area contributed by atoms with Gasteiger partial charge in [-0.3, -0.25) is 4.57 Å². The maximum absolute atomic E-state index is 13.1. The number of amides is 1. The number of anilines is 1. The highest BCUT2D eigenvalue weighted by Crippen LogP contribution is 2.33. The number of benzene rings is 1. The first kappa shape index (κ1) is 20.4. The molecule has 0 saturated carbocycles. The molecule has 8 heteroatoms. The molecule has 1 aliphatic heterocycles. The summed E-state index contributed by atoms with van der Waals surface area (Å²) in [6, 6.07) is 8.79. The number of aromatic nitrogens is 3. The molecule has 0 spiro atoms. The fourth-order valence-electron chi connectivity index (χ4n) is 3.72. The van der Waals surface area contributed by atoms with Crippen molar-refractivity contribution in [3.8, 4) is 11.3 Å². The molecule has 2 aromatic heterocycles. The highest BCUT2D eigenvalue weighted by atomic mass is 35.5. The standard InChI is InChI=1S/C22H24ClN5O2/c1-13(2)25-21-24-9-14(3)20(26-21)16-8-18-11-28(22(30)27(18)10-16)19(12-29)15-5-4-6-17(23)7-15/h4-10,13,19,29H,11-12H2,1-3H3,(H,24,25,26). The average Bonchev–Trinajstić information content (AvgIpc) is 3.24. The van der Waals surface area contributed by atoms with Crippen LogP contribution >= 0.6 is 11.6 Å². The molecule has 1 amide bonds. The van der Waals surface area contributed by atoms with Gasteiger partial charge in [-0.2, -0.15) is 0 Å². The number of aryl methyl sites for hydroxylation is 1. The summed E-state index contributed by atoms with van der Waals surface area (Å²) in [4.78, 5) is 23.7. The topological polar surface area (TPSA) is 83.3 Å². The first-order valence-corrected chi connectivity index (χ1v) is 10.2. The van der Waals surface area contributed by atoms with Crippen molar-refractivity contribution in [2.24, 2.45) is 0 Å². The van der Waals surface area contributed by atoms with Crippen LogP contribution in [0.5, 0.6) is 0 Å². The minimum atomic E-state index is -0.456. The Hall–Kier alpha value is -2.90. The van der Waals surface area contributed by atoms with E-state index in [-0.39, 0.29) is 18.7 Å². The SMILES string of the molecule is Cc1cnc(NC(C)C)nc1-c1cc2n(c1)C(=O)N(C(CO)c1cccc(Cl)c1)C2. The zero-order valence-electron chi connectivity index (χ0n) is 17.1. The van der Waals surface area contributed by atoms with Crippen LogP contribution in [-0.4, -0.2) is 43.2 Å². The van der Waals surface area contributed by atoms with E-state index in [1.54, 1.807) is 34.0 Å². The van der Waals surface area contributed by atoms with Crippen LogP contribution in [0.25, 0.3) is 11.3 Å². The predicted molar refractivity (Wildman–Crippen MR) is 117 cm³/mol. The first-order chi connectivity index (χ1) is 14.4. The molecule has 3 heterocycles. The number of aliphatic hydroxyl groups is 1. The number of carbonyl (C=O) groups excluding carboxylic acids is 1. The summed E-state index contributed by atoms with van der Waals surface area (Å²) in [7, 11) is 0. The van der Waals surface area contributed by atoms with Gasteiger partial charge in [-0.05, 0) is 50.1 Å². The third kappa shape index (κ3) is 3.78. The predicted octanol–water partition coefficient (Wildman–Crippen LogP) is 4.24. The van der Waals surface area contributed by atoms with Crippen molar-refractivity contribution in [2.75, 3.05) is 11.9 Å². The van der Waals surface area contributed by atoms with Gasteiger partial charge in [-0.25, -0.2) is 14.8 Å². The molecule has 0 fully saturated rings. The van der Waals surface area contributed by atoms with Crippen LogP contribution in [0.4, 0.5) is 10.7 Å². The van der Waals surface area contributed by atoms with Crippen LogP contribution in [0.15, 0.2) is 42.7 Å². The van der Waals surface area contributed by atoms with Crippen LogP contribution in [0.3, 0.4) is 0 Å². The number of nitrogens with one attached hydrogen (secondary N) is 1. The van der Waals surface area contributed by atoms with Crippen LogP contribution in [0.2, 0.25) is 5.02 Å². The number of fused-ring (bicyclic) bond motifs is 1. The Morgan fingerprint density at radius 3 is 2.77 bits per heavy atom. The lowest BCUT2D eigenvalue weighted by molar-refractivity contribution is 0.141. The lowest BCUT2D eigenvalue weighted by atomic mass is 10.1. The average molecular weight is 426 g/mol. The van der Waals surface area contributed by atoms with Crippen molar-refractivity contribution < 1.29 is 9.90 Å². The Morgan fingerprint density at radius 1 is 1.30 bits per heavy atom. The highest BCUT2D eigenvalue weighted by molar-refractivity contribution is 6.30. The summed E-state index contributed by atoms with van der Waals surface area (Å²) in [5.41, 5.74) is 4.26. The summed E-state index contributed by atoms with van der Waals surface area (Å²) >= 11 is 6.10. The van der Waals surface area contributed by atoms with E-state index >= 15 is 0 Å². The third-order valence-corrected chi connectivity index (χ3v) is 5.36. The largest absolute Gasteiger partial charge is 0.394 e. The fraction of sp³-hybridized carbons (Fsp3) is 0.318. The van der Waals surface area contributed by atoms with Gasteiger partial charge in [0.1, 0.15) is 0 Å². The van der Waals surface area contributed by atoms with Crippen molar-refractivity contribution in [1.82, 2.24) is 19.4 Å². The van der Waals surface area contributed by atoms with Crippen molar-refractivity contribution >= 4 is 23.6 Å². The second-order valence-corrected chi connectivity index (χ2v) is 8.21. The molecule has 1 atom stereocenters. The Bertz CT molecular complexity index is 1090. The van der Waals surface area contributed by atoms with Gasteiger partial charge in [-0.1, -0.05) is 23.7 Å². The van der Waals surface area contributed by atoms with Crippen LogP contribution in [0, 0.1) is 6.92 Å². The molecule has 1 aliphatic rings. The number of hydrogen-bond donors (Lipinski definition) is 2. The molecule has 3 aromatic rings. The van der Waals surface area contributed by atoms with Gasteiger partial charge in [0.25, 0.3) is 0 Å². The van der Waals surface area contributed by atoms with Crippen molar-refractivity contribution in [2.45, 2.75) is 39.4 Å². The van der Waals surface area contributed by atoms with Crippen molar-refractivity contribution in [3.63, 3.8) is 0 Å². The molecule has 0 bridgehead atoms. The molecular formula is C22H24ClN5O2. The Labute approximate surface area is 180 Å².